The number of carbonyl (C=O) groups excluding carboxylic acids is 2. The quantitative estimate of drug-likeness (QED) is 0.669. The lowest BCUT2D eigenvalue weighted by Gasteiger charge is -2.16. The number of anilines is 2. The zero-order valence-corrected chi connectivity index (χ0v) is 16.5. The third-order valence-electron chi connectivity index (χ3n) is 4.10. The van der Waals surface area contributed by atoms with Crippen LogP contribution in [-0.2, 0) is 4.74 Å². The van der Waals surface area contributed by atoms with Crippen molar-refractivity contribution in [2.75, 3.05) is 31.5 Å². The molecule has 0 saturated carbocycles. The highest BCUT2D eigenvalue weighted by molar-refractivity contribution is 7.22. The first-order chi connectivity index (χ1) is 13.3. The summed E-state index contributed by atoms with van der Waals surface area (Å²) in [5, 5.41) is 3.34. The predicted molar refractivity (Wildman–Crippen MR) is 107 cm³/mol. The highest BCUT2D eigenvalue weighted by Gasteiger charge is 2.19. The second kappa shape index (κ2) is 7.73. The van der Waals surface area contributed by atoms with Gasteiger partial charge in [0.2, 0.25) is 0 Å². The van der Waals surface area contributed by atoms with Crippen LogP contribution in [0.1, 0.15) is 15.9 Å². The number of esters is 1. The number of methoxy groups -OCH3 is 2. The molecular weight excluding hydrogens is 384 g/mol. The van der Waals surface area contributed by atoms with E-state index in [2.05, 4.69) is 10.1 Å². The molecule has 1 N–H and O–H groups in total. The molecule has 0 atom stereocenters. The van der Waals surface area contributed by atoms with Crippen molar-refractivity contribution in [3.8, 4) is 5.75 Å². The van der Waals surface area contributed by atoms with Gasteiger partial charge in [0.25, 0.3) is 0 Å². The van der Waals surface area contributed by atoms with Gasteiger partial charge < -0.3 is 19.2 Å². The molecule has 2 heterocycles. The van der Waals surface area contributed by atoms with E-state index in [9.17, 15) is 14.4 Å². The number of amides is 2. The first kappa shape index (κ1) is 19.4. The van der Waals surface area contributed by atoms with Gasteiger partial charge in [-0.3, -0.25) is 4.90 Å². The van der Waals surface area contributed by atoms with Crippen molar-refractivity contribution in [2.24, 2.45) is 0 Å². The van der Waals surface area contributed by atoms with E-state index in [0.29, 0.717) is 15.4 Å². The molecule has 0 spiro atoms. The number of carbonyl (C=O) groups is 2. The van der Waals surface area contributed by atoms with Gasteiger partial charge in [-0.05, 0) is 36.8 Å². The van der Waals surface area contributed by atoms with Crippen LogP contribution in [0.15, 0.2) is 39.5 Å². The summed E-state index contributed by atoms with van der Waals surface area (Å²) in [4.78, 5) is 37.5. The Bertz CT molecular complexity index is 1120. The Morgan fingerprint density at radius 3 is 2.57 bits per heavy atom. The summed E-state index contributed by atoms with van der Waals surface area (Å²) in [5.74, 6) is -0.0427. The van der Waals surface area contributed by atoms with E-state index in [4.69, 9.17) is 9.15 Å². The Hall–Kier alpha value is -3.33. The molecule has 0 bridgehead atoms. The van der Waals surface area contributed by atoms with Gasteiger partial charge in [-0.1, -0.05) is 0 Å². The normalized spacial score (nSPS) is 10.6. The minimum absolute atomic E-state index is 0.191. The Morgan fingerprint density at radius 1 is 1.18 bits per heavy atom. The number of fused-ring (bicyclic) bond motifs is 1. The number of benzene rings is 1. The van der Waals surface area contributed by atoms with Crippen LogP contribution in [0.5, 0.6) is 5.75 Å². The molecule has 3 aromatic rings. The van der Waals surface area contributed by atoms with E-state index in [1.54, 1.807) is 38.4 Å². The smallest absolute Gasteiger partial charge is 0.351 e. The molecule has 146 valence electrons. The molecule has 9 heteroatoms. The van der Waals surface area contributed by atoms with Crippen LogP contribution in [0.2, 0.25) is 0 Å². The number of thiophene rings is 1. The maximum absolute atomic E-state index is 12.6. The fourth-order valence-electron chi connectivity index (χ4n) is 2.58. The highest BCUT2D eigenvalue weighted by atomic mass is 32.1. The Labute approximate surface area is 164 Å². The van der Waals surface area contributed by atoms with E-state index in [-0.39, 0.29) is 17.2 Å². The van der Waals surface area contributed by atoms with Gasteiger partial charge in [0, 0.05) is 18.8 Å². The number of hydrogen-bond acceptors (Lipinski definition) is 7. The van der Waals surface area contributed by atoms with E-state index >= 15 is 0 Å². The summed E-state index contributed by atoms with van der Waals surface area (Å²) in [6.45, 7) is 1.88. The van der Waals surface area contributed by atoms with Crippen LogP contribution in [0.3, 0.4) is 0 Å². The third-order valence-corrected chi connectivity index (χ3v) is 5.24. The number of hydrogen-bond donors (Lipinski definition) is 1. The highest BCUT2D eigenvalue weighted by Crippen LogP contribution is 2.32. The molecule has 0 saturated heterocycles. The molecular formula is C19H18N2O6S. The molecule has 0 fully saturated rings. The van der Waals surface area contributed by atoms with Crippen molar-refractivity contribution in [3.05, 3.63) is 51.9 Å². The lowest BCUT2D eigenvalue weighted by Crippen LogP contribution is -2.30. The van der Waals surface area contributed by atoms with Crippen molar-refractivity contribution in [3.63, 3.8) is 0 Å². The SMILES string of the molecule is COC(=O)c1cc2sc(N(C)C(=O)Nc3ccc(OC)c(C)c3)cc2oc1=O. The van der Waals surface area contributed by atoms with Crippen LogP contribution in [0.4, 0.5) is 15.5 Å². The average Bonchev–Trinajstić information content (AvgIpc) is 3.08. The van der Waals surface area contributed by atoms with Crippen LogP contribution in [0.25, 0.3) is 10.3 Å². The predicted octanol–water partition coefficient (Wildman–Crippen LogP) is 3.63. The Kier molecular flexibility index (Phi) is 5.36. The first-order valence-electron chi connectivity index (χ1n) is 8.19. The van der Waals surface area contributed by atoms with Gasteiger partial charge in [-0.15, -0.1) is 11.3 Å². The molecule has 0 radical (unpaired) electrons. The zero-order valence-electron chi connectivity index (χ0n) is 15.7. The third kappa shape index (κ3) is 3.70. The van der Waals surface area contributed by atoms with Crippen LogP contribution < -0.4 is 20.6 Å². The zero-order chi connectivity index (χ0) is 20.4. The van der Waals surface area contributed by atoms with Crippen molar-refractivity contribution >= 4 is 44.3 Å². The monoisotopic (exact) mass is 402 g/mol. The van der Waals surface area contributed by atoms with E-state index in [1.165, 1.54) is 29.4 Å². The number of rotatable bonds is 4. The summed E-state index contributed by atoms with van der Waals surface area (Å²) in [6.07, 6.45) is 0. The maximum atomic E-state index is 12.6. The fraction of sp³-hybridized carbons (Fsp3) is 0.211. The van der Waals surface area contributed by atoms with Gasteiger partial charge in [0.05, 0.1) is 18.9 Å². The molecule has 28 heavy (non-hydrogen) atoms. The molecule has 1 aromatic carbocycles. The number of nitrogens with zero attached hydrogens (tertiary/aromatic N) is 1. The van der Waals surface area contributed by atoms with Gasteiger partial charge in [-0.2, -0.15) is 0 Å². The second-order valence-electron chi connectivity index (χ2n) is 5.93. The molecule has 0 unspecified atom stereocenters. The summed E-state index contributed by atoms with van der Waals surface area (Å²) >= 11 is 1.21. The standard InChI is InChI=1S/C19H18N2O6S/c1-10-7-11(5-6-13(10)25-3)20-19(24)21(2)16-9-14-15(28-16)8-12(17(22)26-4)18(23)27-14/h5-9H,1-4H3,(H,20,24). The van der Waals surface area contributed by atoms with Crippen LogP contribution >= 0.6 is 11.3 Å². The summed E-state index contributed by atoms with van der Waals surface area (Å²) in [6, 6.07) is 7.92. The summed E-state index contributed by atoms with van der Waals surface area (Å²) in [5.41, 5.74) is 0.823. The Morgan fingerprint density at radius 2 is 1.93 bits per heavy atom. The summed E-state index contributed by atoms with van der Waals surface area (Å²) in [7, 11) is 4.36. The first-order valence-corrected chi connectivity index (χ1v) is 9.01. The number of nitrogens with one attached hydrogen (secondary N) is 1. The van der Waals surface area contributed by atoms with E-state index < -0.39 is 11.6 Å². The van der Waals surface area contributed by atoms with E-state index in [1.807, 2.05) is 6.92 Å². The van der Waals surface area contributed by atoms with Gasteiger partial charge in [0.1, 0.15) is 16.3 Å². The molecule has 0 aliphatic carbocycles. The number of ether oxygens (including phenoxy) is 2. The minimum Gasteiger partial charge on any atom is -0.496 e. The molecule has 2 amide bonds. The van der Waals surface area contributed by atoms with Gasteiger partial charge in [0.15, 0.2) is 5.58 Å². The minimum atomic E-state index is -0.787. The lowest BCUT2D eigenvalue weighted by molar-refractivity contribution is 0.0596. The fourth-order valence-corrected chi connectivity index (χ4v) is 3.57. The lowest BCUT2D eigenvalue weighted by atomic mass is 10.2. The van der Waals surface area contributed by atoms with Crippen LogP contribution in [0, 0.1) is 6.92 Å². The van der Waals surface area contributed by atoms with Gasteiger partial charge in [-0.25, -0.2) is 14.4 Å². The topological polar surface area (TPSA) is 98.1 Å². The molecule has 0 aliphatic heterocycles. The molecule has 3 rings (SSSR count). The summed E-state index contributed by atoms with van der Waals surface area (Å²) < 4.78 is 15.5. The largest absolute Gasteiger partial charge is 0.496 e. The van der Waals surface area contributed by atoms with Crippen molar-refractivity contribution in [1.29, 1.82) is 0 Å². The molecule has 2 aromatic heterocycles. The average molecular weight is 402 g/mol. The van der Waals surface area contributed by atoms with Crippen molar-refractivity contribution in [1.82, 2.24) is 0 Å². The maximum Gasteiger partial charge on any atom is 0.351 e. The second-order valence-corrected chi connectivity index (χ2v) is 6.99. The molecule has 0 aliphatic rings. The number of aryl methyl sites for hydroxylation is 1. The van der Waals surface area contributed by atoms with Gasteiger partial charge >= 0.3 is 17.6 Å². The Balaban J connectivity index is 1.85. The van der Waals surface area contributed by atoms with E-state index in [0.717, 1.165) is 11.3 Å². The van der Waals surface area contributed by atoms with Crippen molar-refractivity contribution in [2.45, 2.75) is 6.92 Å². The number of urea groups is 1. The molecule has 8 nitrogen and oxygen atoms in total. The van der Waals surface area contributed by atoms with Crippen LogP contribution in [-0.4, -0.2) is 33.3 Å². The van der Waals surface area contributed by atoms with Crippen molar-refractivity contribution < 1.29 is 23.5 Å².